The van der Waals surface area contributed by atoms with Crippen molar-refractivity contribution in [1.82, 2.24) is 0 Å². The molecule has 3 atom stereocenters. The van der Waals surface area contributed by atoms with Gasteiger partial charge in [0.1, 0.15) is 5.60 Å². The zero-order valence-corrected chi connectivity index (χ0v) is 16.3. The summed E-state index contributed by atoms with van der Waals surface area (Å²) in [6.45, 7) is 6.00. The summed E-state index contributed by atoms with van der Waals surface area (Å²) in [6.07, 6.45) is 19.0. The van der Waals surface area contributed by atoms with Crippen LogP contribution in [0.2, 0.25) is 0 Å². The number of rotatable bonds is 13. The summed E-state index contributed by atoms with van der Waals surface area (Å²) < 4.78 is 0. The van der Waals surface area contributed by atoms with Crippen molar-refractivity contribution in [2.24, 2.45) is 11.1 Å². The summed E-state index contributed by atoms with van der Waals surface area (Å²) >= 11 is 0. The van der Waals surface area contributed by atoms with Gasteiger partial charge in [0.15, 0.2) is 0 Å². The summed E-state index contributed by atoms with van der Waals surface area (Å²) in [5, 5.41) is 20.4. The Morgan fingerprint density at radius 2 is 1.33 bits per heavy atom. The fourth-order valence-electron chi connectivity index (χ4n) is 3.78. The van der Waals surface area contributed by atoms with Crippen LogP contribution in [0, 0.1) is 5.41 Å². The molecular weight excluding hydrogens is 298 g/mol. The highest BCUT2D eigenvalue weighted by Crippen LogP contribution is 2.49. The van der Waals surface area contributed by atoms with E-state index in [0.29, 0.717) is 0 Å². The fraction of sp³-hybridized carbons (Fsp3) is 0.905. The Hall–Kier alpha value is -0.380. The average molecular weight is 340 g/mol. The lowest BCUT2D eigenvalue weighted by molar-refractivity contribution is -0.213. The maximum atomic E-state index is 10.6. The summed E-state index contributed by atoms with van der Waals surface area (Å²) in [7, 11) is 0. The normalized spacial score (nSPS) is 29.1. The van der Waals surface area contributed by atoms with Gasteiger partial charge in [0.05, 0.1) is 12.1 Å². The van der Waals surface area contributed by atoms with Gasteiger partial charge in [0, 0.05) is 5.41 Å². The van der Waals surface area contributed by atoms with Crippen molar-refractivity contribution in [1.29, 1.82) is 0 Å². The van der Waals surface area contributed by atoms with E-state index in [4.69, 9.17) is 5.73 Å². The molecule has 0 heterocycles. The summed E-state index contributed by atoms with van der Waals surface area (Å²) in [6, 6.07) is -0.568. The van der Waals surface area contributed by atoms with E-state index in [9.17, 15) is 10.2 Å². The van der Waals surface area contributed by atoms with E-state index in [-0.39, 0.29) is 0 Å². The summed E-state index contributed by atoms with van der Waals surface area (Å²) in [4.78, 5) is 0. The molecule has 0 aromatic rings. The quantitative estimate of drug-likeness (QED) is 0.336. The topological polar surface area (TPSA) is 66.5 Å². The minimum absolute atomic E-state index is 0.556. The van der Waals surface area contributed by atoms with E-state index in [2.05, 4.69) is 6.92 Å². The van der Waals surface area contributed by atoms with Crippen LogP contribution in [0.1, 0.15) is 97.8 Å². The highest BCUT2D eigenvalue weighted by atomic mass is 16.3. The van der Waals surface area contributed by atoms with Crippen LogP contribution in [0.15, 0.2) is 12.2 Å². The molecule has 0 aliphatic heterocycles. The first-order valence-corrected chi connectivity index (χ1v) is 10.2. The zero-order chi connectivity index (χ0) is 18.1. The van der Waals surface area contributed by atoms with E-state index < -0.39 is 23.2 Å². The first-order chi connectivity index (χ1) is 11.4. The Morgan fingerprint density at radius 1 is 0.875 bits per heavy atom. The lowest BCUT2D eigenvalue weighted by atomic mass is 9.53. The van der Waals surface area contributed by atoms with E-state index in [1.54, 1.807) is 0 Å². The van der Waals surface area contributed by atoms with E-state index in [0.717, 1.165) is 6.42 Å². The maximum absolute atomic E-state index is 10.6. The molecule has 1 aliphatic carbocycles. The highest BCUT2D eigenvalue weighted by Gasteiger charge is 2.63. The van der Waals surface area contributed by atoms with Crippen molar-refractivity contribution in [3.63, 3.8) is 0 Å². The molecular formula is C21H41NO2. The van der Waals surface area contributed by atoms with Crippen molar-refractivity contribution in [2.75, 3.05) is 0 Å². The molecule has 24 heavy (non-hydrogen) atoms. The monoisotopic (exact) mass is 339 g/mol. The van der Waals surface area contributed by atoms with Crippen LogP contribution in [0.3, 0.4) is 0 Å². The van der Waals surface area contributed by atoms with Gasteiger partial charge in [0.2, 0.25) is 0 Å². The molecule has 1 unspecified atom stereocenters. The smallest absolute Gasteiger partial charge is 0.108 e. The molecule has 1 fully saturated rings. The largest absolute Gasteiger partial charge is 0.391 e. The minimum Gasteiger partial charge on any atom is -0.391 e. The van der Waals surface area contributed by atoms with Crippen molar-refractivity contribution < 1.29 is 10.2 Å². The van der Waals surface area contributed by atoms with Gasteiger partial charge in [-0.1, -0.05) is 97.1 Å². The second kappa shape index (κ2) is 10.6. The molecule has 0 aromatic heterocycles. The van der Waals surface area contributed by atoms with Gasteiger partial charge in [-0.2, -0.15) is 0 Å². The molecule has 1 rings (SSSR count). The van der Waals surface area contributed by atoms with Crippen molar-refractivity contribution >= 4 is 0 Å². The molecule has 4 N–H and O–H groups in total. The first kappa shape index (κ1) is 21.7. The SMILES string of the molecule is CCCCCCCCCCCCC/C=C/[C@]1(O)[C@@H](N)C(O)C1(C)C. The van der Waals surface area contributed by atoms with Gasteiger partial charge in [-0.15, -0.1) is 0 Å². The second-order valence-corrected chi connectivity index (χ2v) is 8.24. The number of aliphatic hydroxyl groups is 2. The van der Waals surface area contributed by atoms with Gasteiger partial charge in [-0.3, -0.25) is 0 Å². The van der Waals surface area contributed by atoms with Crippen LogP contribution in [0.25, 0.3) is 0 Å². The van der Waals surface area contributed by atoms with Gasteiger partial charge >= 0.3 is 0 Å². The summed E-state index contributed by atoms with van der Waals surface area (Å²) in [5.41, 5.74) is 4.25. The van der Waals surface area contributed by atoms with Crippen LogP contribution in [0.4, 0.5) is 0 Å². The van der Waals surface area contributed by atoms with E-state index in [1.807, 2.05) is 26.0 Å². The molecule has 0 aromatic carbocycles. The number of nitrogens with two attached hydrogens (primary N) is 1. The lowest BCUT2D eigenvalue weighted by Crippen LogP contribution is -2.77. The number of unbranched alkanes of at least 4 members (excludes halogenated alkanes) is 11. The predicted octanol–water partition coefficient (Wildman–Crippen LogP) is 4.70. The maximum Gasteiger partial charge on any atom is 0.108 e. The van der Waals surface area contributed by atoms with E-state index >= 15 is 0 Å². The second-order valence-electron chi connectivity index (χ2n) is 8.24. The molecule has 0 amide bonds. The molecule has 1 aliphatic rings. The van der Waals surface area contributed by atoms with Crippen LogP contribution in [0.5, 0.6) is 0 Å². The third-order valence-corrected chi connectivity index (χ3v) is 5.97. The fourth-order valence-corrected chi connectivity index (χ4v) is 3.78. The van der Waals surface area contributed by atoms with Crippen LogP contribution in [-0.4, -0.2) is 28.0 Å². The molecule has 0 radical (unpaired) electrons. The van der Waals surface area contributed by atoms with Crippen molar-refractivity contribution in [2.45, 2.75) is 116 Å². The Balaban J connectivity index is 1.99. The highest BCUT2D eigenvalue weighted by molar-refractivity contribution is 5.26. The van der Waals surface area contributed by atoms with Gasteiger partial charge < -0.3 is 15.9 Å². The predicted molar refractivity (Wildman–Crippen MR) is 103 cm³/mol. The third kappa shape index (κ3) is 5.57. The number of aliphatic hydroxyl groups excluding tert-OH is 1. The van der Waals surface area contributed by atoms with Crippen molar-refractivity contribution in [3.8, 4) is 0 Å². The lowest BCUT2D eigenvalue weighted by Gasteiger charge is -2.59. The Kier molecular flexibility index (Phi) is 9.54. The third-order valence-electron chi connectivity index (χ3n) is 5.97. The Labute approximate surface area is 149 Å². The molecule has 1 saturated carbocycles. The van der Waals surface area contributed by atoms with E-state index in [1.165, 1.54) is 70.6 Å². The van der Waals surface area contributed by atoms with Crippen molar-refractivity contribution in [3.05, 3.63) is 12.2 Å². The molecule has 142 valence electrons. The molecule has 0 spiro atoms. The number of hydrogen-bond donors (Lipinski definition) is 3. The van der Waals surface area contributed by atoms with Crippen LogP contribution in [-0.2, 0) is 0 Å². The summed E-state index contributed by atoms with van der Waals surface area (Å²) in [5.74, 6) is 0. The van der Waals surface area contributed by atoms with Gasteiger partial charge in [-0.05, 0) is 12.8 Å². The first-order valence-electron chi connectivity index (χ1n) is 10.2. The Bertz CT molecular complexity index is 367. The van der Waals surface area contributed by atoms with Crippen LogP contribution >= 0.6 is 0 Å². The van der Waals surface area contributed by atoms with Gasteiger partial charge in [-0.25, -0.2) is 0 Å². The van der Waals surface area contributed by atoms with Gasteiger partial charge in [0.25, 0.3) is 0 Å². The standard InChI is InChI=1S/C21H41NO2/c1-4-5-6-7-8-9-10-11-12-13-14-15-16-17-21(24)18(22)19(23)20(21,2)3/h16-19,23-24H,4-15,22H2,1-3H3/b17-16+/t18-,19?,21-/m0/s1. The molecule has 0 bridgehead atoms. The average Bonchev–Trinajstić information content (AvgIpc) is 2.57. The molecule has 0 saturated heterocycles. The minimum atomic E-state index is -1.07. The van der Waals surface area contributed by atoms with Crippen LogP contribution < -0.4 is 5.73 Å². The number of hydrogen-bond acceptors (Lipinski definition) is 3. The Morgan fingerprint density at radius 3 is 1.79 bits per heavy atom. The zero-order valence-electron chi connectivity index (χ0n) is 16.3. The molecule has 3 heteroatoms. The number of allylic oxidation sites excluding steroid dienone is 1. The molecule has 3 nitrogen and oxygen atoms in total.